The topological polar surface area (TPSA) is 95.6 Å². The number of nitrogens with one attached hydrogen (secondary N) is 2. The van der Waals surface area contributed by atoms with E-state index in [4.69, 9.17) is 0 Å². The average molecular weight is 436 g/mol. The number of benzene rings is 2. The Morgan fingerprint density at radius 3 is 1.90 bits per heavy atom. The summed E-state index contributed by atoms with van der Waals surface area (Å²) in [5, 5.41) is 5.50. The van der Waals surface area contributed by atoms with Gasteiger partial charge in [0.1, 0.15) is 0 Å². The Balaban J connectivity index is 1.79. The standard InChI is InChI=1S/C20H25N3O4S2/c1-14-5-6-17(11-15(14)2)22-20(25)13-28-12-19(24)21-16-7-9-18(10-8-16)29(26,27)23(3)4/h5-11H,12-13H2,1-4H3,(H,21,24)(H,22,25). The molecule has 9 heteroatoms. The fourth-order valence-electron chi connectivity index (χ4n) is 2.37. The minimum atomic E-state index is -3.50. The van der Waals surface area contributed by atoms with Gasteiger partial charge < -0.3 is 10.6 Å². The van der Waals surface area contributed by atoms with Gasteiger partial charge >= 0.3 is 0 Å². The maximum Gasteiger partial charge on any atom is 0.242 e. The summed E-state index contributed by atoms with van der Waals surface area (Å²) in [7, 11) is -0.591. The van der Waals surface area contributed by atoms with E-state index in [1.807, 2.05) is 32.0 Å². The zero-order valence-electron chi connectivity index (χ0n) is 16.9. The molecule has 2 N–H and O–H groups in total. The van der Waals surface area contributed by atoms with Crippen LogP contribution in [-0.4, -0.2) is 50.1 Å². The zero-order valence-corrected chi connectivity index (χ0v) is 18.5. The van der Waals surface area contributed by atoms with Gasteiger partial charge in [0, 0.05) is 25.5 Å². The fraction of sp³-hybridized carbons (Fsp3) is 0.300. The third-order valence-corrected chi connectivity index (χ3v) is 6.94. The monoisotopic (exact) mass is 435 g/mol. The van der Waals surface area contributed by atoms with Crippen LogP contribution >= 0.6 is 11.8 Å². The van der Waals surface area contributed by atoms with E-state index >= 15 is 0 Å². The molecule has 0 aliphatic carbocycles. The highest BCUT2D eigenvalue weighted by atomic mass is 32.2. The Kier molecular flexibility index (Phi) is 7.83. The van der Waals surface area contributed by atoms with Crippen LogP contribution in [0, 0.1) is 13.8 Å². The summed E-state index contributed by atoms with van der Waals surface area (Å²) in [6.07, 6.45) is 0. The van der Waals surface area contributed by atoms with Crippen molar-refractivity contribution >= 4 is 45.0 Å². The van der Waals surface area contributed by atoms with E-state index in [-0.39, 0.29) is 28.2 Å². The molecule has 2 aromatic carbocycles. The summed E-state index contributed by atoms with van der Waals surface area (Å²) in [5.41, 5.74) is 3.48. The molecule has 0 heterocycles. The second-order valence-electron chi connectivity index (χ2n) is 6.70. The summed E-state index contributed by atoms with van der Waals surface area (Å²) in [6.45, 7) is 3.98. The van der Waals surface area contributed by atoms with Crippen molar-refractivity contribution in [1.82, 2.24) is 4.31 Å². The molecule has 0 fully saturated rings. The average Bonchev–Trinajstić information content (AvgIpc) is 2.65. The van der Waals surface area contributed by atoms with E-state index in [9.17, 15) is 18.0 Å². The molecule has 0 saturated carbocycles. The van der Waals surface area contributed by atoms with Gasteiger partial charge in [-0.05, 0) is 61.4 Å². The molecule has 0 radical (unpaired) electrons. The molecule has 0 aromatic heterocycles. The molecule has 7 nitrogen and oxygen atoms in total. The first-order valence-electron chi connectivity index (χ1n) is 8.87. The molecule has 2 amide bonds. The van der Waals surface area contributed by atoms with Crippen LogP contribution in [0.5, 0.6) is 0 Å². The molecule has 2 aromatic rings. The number of rotatable bonds is 8. The van der Waals surface area contributed by atoms with Crippen molar-refractivity contribution in [2.45, 2.75) is 18.7 Å². The summed E-state index contributed by atoms with van der Waals surface area (Å²) in [5.74, 6) is -0.181. The van der Waals surface area contributed by atoms with Crippen molar-refractivity contribution in [2.75, 3.05) is 36.2 Å². The predicted octanol–water partition coefficient (Wildman–Crippen LogP) is 2.86. The minimum absolute atomic E-state index is 0.109. The second kappa shape index (κ2) is 9.91. The first-order chi connectivity index (χ1) is 13.6. The number of hydrogen-bond donors (Lipinski definition) is 2. The zero-order chi connectivity index (χ0) is 21.6. The molecule has 0 unspecified atom stereocenters. The summed E-state index contributed by atoms with van der Waals surface area (Å²) in [6, 6.07) is 11.6. The van der Waals surface area contributed by atoms with E-state index in [0.717, 1.165) is 21.1 Å². The number of hydrogen-bond acceptors (Lipinski definition) is 5. The van der Waals surface area contributed by atoms with Gasteiger partial charge in [-0.1, -0.05) is 6.07 Å². The molecule has 0 bridgehead atoms. The van der Waals surface area contributed by atoms with E-state index < -0.39 is 10.0 Å². The molecular formula is C20H25N3O4S2. The molecule has 0 atom stereocenters. The van der Waals surface area contributed by atoms with Crippen LogP contribution in [0.25, 0.3) is 0 Å². The summed E-state index contributed by atoms with van der Waals surface area (Å²) >= 11 is 1.20. The number of nitrogens with zero attached hydrogens (tertiary/aromatic N) is 1. The number of sulfonamides is 1. The maximum atomic E-state index is 12.0. The van der Waals surface area contributed by atoms with Crippen LogP contribution in [0.15, 0.2) is 47.4 Å². The molecule has 0 saturated heterocycles. The lowest BCUT2D eigenvalue weighted by Gasteiger charge is -2.12. The Bertz CT molecular complexity index is 987. The molecule has 2 rings (SSSR count). The van der Waals surface area contributed by atoms with E-state index in [0.29, 0.717) is 5.69 Å². The van der Waals surface area contributed by atoms with Crippen molar-refractivity contribution in [3.63, 3.8) is 0 Å². The molecule has 0 spiro atoms. The Labute approximate surface area is 175 Å². The minimum Gasteiger partial charge on any atom is -0.325 e. The maximum absolute atomic E-state index is 12.0. The van der Waals surface area contributed by atoms with Gasteiger partial charge in [0.05, 0.1) is 16.4 Å². The highest BCUT2D eigenvalue weighted by Crippen LogP contribution is 2.17. The first-order valence-corrected chi connectivity index (χ1v) is 11.5. The number of thioether (sulfide) groups is 1. The van der Waals surface area contributed by atoms with Crippen LogP contribution in [0.1, 0.15) is 11.1 Å². The SMILES string of the molecule is Cc1ccc(NC(=O)CSCC(=O)Nc2ccc(S(=O)(=O)N(C)C)cc2)cc1C. The van der Waals surface area contributed by atoms with Crippen LogP contribution in [0.2, 0.25) is 0 Å². The quantitative estimate of drug-likeness (QED) is 0.665. The van der Waals surface area contributed by atoms with Crippen LogP contribution < -0.4 is 10.6 Å². The van der Waals surface area contributed by atoms with Crippen LogP contribution in [-0.2, 0) is 19.6 Å². The number of aryl methyl sites for hydroxylation is 2. The van der Waals surface area contributed by atoms with Crippen molar-refractivity contribution < 1.29 is 18.0 Å². The van der Waals surface area contributed by atoms with Crippen molar-refractivity contribution in [1.29, 1.82) is 0 Å². The van der Waals surface area contributed by atoms with E-state index in [2.05, 4.69) is 10.6 Å². The largest absolute Gasteiger partial charge is 0.325 e. The lowest BCUT2D eigenvalue weighted by atomic mass is 10.1. The molecule has 156 valence electrons. The first kappa shape index (κ1) is 22.9. The van der Waals surface area contributed by atoms with Gasteiger partial charge in [-0.15, -0.1) is 11.8 Å². The van der Waals surface area contributed by atoms with Gasteiger partial charge in [-0.25, -0.2) is 12.7 Å². The number of carbonyl (C=O) groups excluding carboxylic acids is 2. The fourth-order valence-corrected chi connectivity index (χ4v) is 3.89. The molecular weight excluding hydrogens is 410 g/mol. The van der Waals surface area contributed by atoms with Gasteiger partial charge in [0.25, 0.3) is 0 Å². The number of anilines is 2. The Hall–Kier alpha value is -2.36. The summed E-state index contributed by atoms with van der Waals surface area (Å²) < 4.78 is 25.2. The van der Waals surface area contributed by atoms with Crippen LogP contribution in [0.4, 0.5) is 11.4 Å². The van der Waals surface area contributed by atoms with E-state index in [1.165, 1.54) is 50.1 Å². The third kappa shape index (κ3) is 6.59. The number of carbonyl (C=O) groups is 2. The molecule has 0 aliphatic heterocycles. The highest BCUT2D eigenvalue weighted by Gasteiger charge is 2.16. The molecule has 29 heavy (non-hydrogen) atoms. The lowest BCUT2D eigenvalue weighted by Crippen LogP contribution is -2.22. The highest BCUT2D eigenvalue weighted by molar-refractivity contribution is 8.00. The second-order valence-corrected chi connectivity index (χ2v) is 9.84. The summed E-state index contributed by atoms with van der Waals surface area (Å²) in [4.78, 5) is 24.2. The van der Waals surface area contributed by atoms with Crippen molar-refractivity contribution in [3.05, 3.63) is 53.6 Å². The lowest BCUT2D eigenvalue weighted by molar-refractivity contribution is -0.114. The van der Waals surface area contributed by atoms with Gasteiger partial charge in [-0.2, -0.15) is 0 Å². The molecule has 0 aliphatic rings. The van der Waals surface area contributed by atoms with Crippen LogP contribution in [0.3, 0.4) is 0 Å². The normalized spacial score (nSPS) is 11.3. The number of amides is 2. The van der Waals surface area contributed by atoms with E-state index in [1.54, 1.807) is 0 Å². The predicted molar refractivity (Wildman–Crippen MR) is 118 cm³/mol. The van der Waals surface area contributed by atoms with Crippen molar-refractivity contribution in [3.8, 4) is 0 Å². The van der Waals surface area contributed by atoms with Gasteiger partial charge in [-0.3, -0.25) is 9.59 Å². The van der Waals surface area contributed by atoms with Gasteiger partial charge in [0.15, 0.2) is 0 Å². The third-order valence-electron chi connectivity index (χ3n) is 4.17. The van der Waals surface area contributed by atoms with Gasteiger partial charge in [0.2, 0.25) is 21.8 Å². The smallest absolute Gasteiger partial charge is 0.242 e. The van der Waals surface area contributed by atoms with Crippen molar-refractivity contribution in [2.24, 2.45) is 0 Å². The Morgan fingerprint density at radius 2 is 1.38 bits per heavy atom. The Morgan fingerprint density at radius 1 is 0.862 bits per heavy atom.